The number of nitrogens with zero attached hydrogens (tertiary/aromatic N) is 1. The topological polar surface area (TPSA) is 78.5 Å². The predicted octanol–water partition coefficient (Wildman–Crippen LogP) is 5.01. The Balaban J connectivity index is 1.37. The number of amides is 3. The minimum atomic E-state index is -0.549. The molecule has 3 aromatic rings. The Labute approximate surface area is 207 Å². The first-order chi connectivity index (χ1) is 16.3. The summed E-state index contributed by atoms with van der Waals surface area (Å²) in [6, 6.07) is 21.4. The lowest BCUT2D eigenvalue weighted by atomic mass is 10.1. The van der Waals surface area contributed by atoms with Crippen LogP contribution in [-0.4, -0.2) is 22.6 Å². The van der Waals surface area contributed by atoms with Crippen molar-refractivity contribution in [3.05, 3.63) is 111 Å². The third-order valence-electron chi connectivity index (χ3n) is 5.33. The van der Waals surface area contributed by atoms with Crippen molar-refractivity contribution < 1.29 is 14.4 Å². The number of hydrogen-bond acceptors (Lipinski definition) is 4. The molecule has 0 unspecified atom stereocenters. The first-order valence-corrected chi connectivity index (χ1v) is 11.3. The van der Waals surface area contributed by atoms with Gasteiger partial charge in [0.05, 0.1) is 6.54 Å². The van der Waals surface area contributed by atoms with E-state index in [4.69, 9.17) is 23.2 Å². The fourth-order valence-electron chi connectivity index (χ4n) is 3.51. The molecule has 3 amide bonds. The van der Waals surface area contributed by atoms with Gasteiger partial charge in [0.25, 0.3) is 17.7 Å². The second-order valence-corrected chi connectivity index (χ2v) is 8.70. The number of nitrogens with one attached hydrogen (secondary N) is 2. The molecule has 2 N–H and O–H groups in total. The van der Waals surface area contributed by atoms with E-state index in [0.717, 1.165) is 27.3 Å². The molecule has 0 saturated carbocycles. The summed E-state index contributed by atoms with van der Waals surface area (Å²) >= 11 is 12.1. The van der Waals surface area contributed by atoms with Gasteiger partial charge in [-0.25, -0.2) is 0 Å². The van der Waals surface area contributed by atoms with Gasteiger partial charge in [0.1, 0.15) is 10.7 Å². The molecule has 0 radical (unpaired) electrons. The second kappa shape index (κ2) is 10.1. The van der Waals surface area contributed by atoms with Crippen LogP contribution in [0.5, 0.6) is 0 Å². The van der Waals surface area contributed by atoms with E-state index in [-0.39, 0.29) is 29.7 Å². The first-order valence-electron chi connectivity index (χ1n) is 10.5. The summed E-state index contributed by atoms with van der Waals surface area (Å²) in [5, 5.41) is 6.25. The maximum Gasteiger partial charge on any atom is 0.278 e. The van der Waals surface area contributed by atoms with Crippen molar-refractivity contribution in [1.82, 2.24) is 10.2 Å². The zero-order valence-corrected chi connectivity index (χ0v) is 19.8. The van der Waals surface area contributed by atoms with Gasteiger partial charge in [-0.3, -0.25) is 19.3 Å². The lowest BCUT2D eigenvalue weighted by Crippen LogP contribution is -2.33. The predicted molar refractivity (Wildman–Crippen MR) is 132 cm³/mol. The first kappa shape index (κ1) is 23.5. The summed E-state index contributed by atoms with van der Waals surface area (Å²) in [6.45, 7) is 2.32. The third-order valence-corrected chi connectivity index (χ3v) is 5.93. The summed E-state index contributed by atoms with van der Waals surface area (Å²) in [7, 11) is 0. The van der Waals surface area contributed by atoms with Crippen molar-refractivity contribution in [1.29, 1.82) is 0 Å². The number of aryl methyl sites for hydroxylation is 1. The van der Waals surface area contributed by atoms with Gasteiger partial charge in [0.2, 0.25) is 0 Å². The Morgan fingerprint density at radius 2 is 1.56 bits per heavy atom. The Bertz CT molecular complexity index is 1290. The smallest absolute Gasteiger partial charge is 0.278 e. The summed E-state index contributed by atoms with van der Waals surface area (Å²) in [5.74, 6) is -1.25. The van der Waals surface area contributed by atoms with Crippen molar-refractivity contribution in [2.24, 2.45) is 0 Å². The molecule has 1 heterocycles. The van der Waals surface area contributed by atoms with Gasteiger partial charge in [0, 0.05) is 22.8 Å². The van der Waals surface area contributed by atoms with Gasteiger partial charge in [-0.2, -0.15) is 0 Å². The van der Waals surface area contributed by atoms with Crippen molar-refractivity contribution in [2.75, 3.05) is 5.32 Å². The maximum atomic E-state index is 12.8. The highest BCUT2D eigenvalue weighted by atomic mass is 35.5. The van der Waals surface area contributed by atoms with Crippen LogP contribution in [0, 0.1) is 6.92 Å². The van der Waals surface area contributed by atoms with Gasteiger partial charge in [0.15, 0.2) is 0 Å². The molecule has 0 fully saturated rings. The number of hydrogen-bond donors (Lipinski definition) is 2. The highest BCUT2D eigenvalue weighted by Gasteiger charge is 2.37. The van der Waals surface area contributed by atoms with E-state index in [1.165, 1.54) is 0 Å². The summed E-state index contributed by atoms with van der Waals surface area (Å²) < 4.78 is 0. The molecular weight excluding hydrogens is 473 g/mol. The monoisotopic (exact) mass is 493 g/mol. The Kier molecular flexibility index (Phi) is 7.01. The Morgan fingerprint density at radius 1 is 0.882 bits per heavy atom. The molecule has 0 atom stereocenters. The largest absolute Gasteiger partial charge is 0.375 e. The lowest BCUT2D eigenvalue weighted by molar-refractivity contribution is -0.138. The van der Waals surface area contributed by atoms with Gasteiger partial charge in [-0.1, -0.05) is 59.6 Å². The average molecular weight is 494 g/mol. The molecule has 0 saturated heterocycles. The Hall–Kier alpha value is -3.61. The fraction of sp³-hybridized carbons (Fsp3) is 0.115. The van der Waals surface area contributed by atoms with Crippen LogP contribution in [0.4, 0.5) is 5.69 Å². The van der Waals surface area contributed by atoms with Crippen LogP contribution >= 0.6 is 23.2 Å². The van der Waals surface area contributed by atoms with Crippen molar-refractivity contribution in [3.8, 4) is 0 Å². The van der Waals surface area contributed by atoms with Crippen LogP contribution in [0.15, 0.2) is 83.5 Å². The maximum absolute atomic E-state index is 12.8. The molecule has 172 valence electrons. The SMILES string of the molecule is Cc1cccc(NC(=O)c2ccc(CNC3=C(Cl)C(=O)N(Cc4ccc(Cl)cc4)C3=O)cc2)c1. The number of rotatable bonds is 7. The summed E-state index contributed by atoms with van der Waals surface area (Å²) in [5.41, 5.74) is 3.92. The minimum absolute atomic E-state index is 0.0573. The van der Waals surface area contributed by atoms with Gasteiger partial charge >= 0.3 is 0 Å². The molecule has 1 aliphatic rings. The molecular formula is C26H21Cl2N3O3. The van der Waals surface area contributed by atoms with E-state index in [1.54, 1.807) is 48.5 Å². The normalized spacial score (nSPS) is 13.4. The number of imide groups is 1. The molecule has 34 heavy (non-hydrogen) atoms. The molecule has 0 aromatic heterocycles. The number of halogens is 2. The minimum Gasteiger partial charge on any atom is -0.375 e. The van der Waals surface area contributed by atoms with E-state index in [2.05, 4.69) is 10.6 Å². The number of benzene rings is 3. The van der Waals surface area contributed by atoms with E-state index < -0.39 is 11.8 Å². The number of anilines is 1. The van der Waals surface area contributed by atoms with Crippen LogP contribution in [0.3, 0.4) is 0 Å². The summed E-state index contributed by atoms with van der Waals surface area (Å²) in [6.07, 6.45) is 0. The zero-order chi connectivity index (χ0) is 24.2. The molecule has 1 aliphatic heterocycles. The molecule has 3 aromatic carbocycles. The average Bonchev–Trinajstić information content (AvgIpc) is 3.02. The fourth-order valence-corrected chi connectivity index (χ4v) is 3.88. The Morgan fingerprint density at radius 3 is 2.24 bits per heavy atom. The lowest BCUT2D eigenvalue weighted by Gasteiger charge is -2.15. The van der Waals surface area contributed by atoms with Gasteiger partial charge in [-0.05, 0) is 60.0 Å². The standard InChI is InChI=1S/C26H21Cl2N3O3/c1-16-3-2-4-21(13-16)30-24(32)19-9-5-17(6-10-19)14-29-23-22(28)25(33)31(26(23)34)15-18-7-11-20(27)12-8-18/h2-13,29H,14-15H2,1H3,(H,30,32). The highest BCUT2D eigenvalue weighted by Crippen LogP contribution is 2.25. The van der Waals surface area contributed by atoms with E-state index in [9.17, 15) is 14.4 Å². The molecule has 8 heteroatoms. The molecule has 0 spiro atoms. The third kappa shape index (κ3) is 5.30. The highest BCUT2D eigenvalue weighted by molar-refractivity contribution is 6.47. The molecule has 0 aliphatic carbocycles. The number of carbonyl (C=O) groups is 3. The summed E-state index contributed by atoms with van der Waals surface area (Å²) in [4.78, 5) is 38.9. The van der Waals surface area contributed by atoms with Crippen LogP contribution in [0.1, 0.15) is 27.0 Å². The van der Waals surface area contributed by atoms with Crippen LogP contribution in [0.25, 0.3) is 0 Å². The van der Waals surface area contributed by atoms with Gasteiger partial charge < -0.3 is 10.6 Å². The quantitative estimate of drug-likeness (QED) is 0.453. The van der Waals surface area contributed by atoms with E-state index >= 15 is 0 Å². The van der Waals surface area contributed by atoms with Crippen molar-refractivity contribution >= 4 is 46.6 Å². The molecule has 0 bridgehead atoms. The number of carbonyl (C=O) groups excluding carboxylic acids is 3. The zero-order valence-electron chi connectivity index (χ0n) is 18.3. The van der Waals surface area contributed by atoms with Gasteiger partial charge in [-0.15, -0.1) is 0 Å². The van der Waals surface area contributed by atoms with Crippen molar-refractivity contribution in [2.45, 2.75) is 20.0 Å². The second-order valence-electron chi connectivity index (χ2n) is 7.89. The van der Waals surface area contributed by atoms with E-state index in [0.29, 0.717) is 10.6 Å². The van der Waals surface area contributed by atoms with Crippen LogP contribution < -0.4 is 10.6 Å². The molecule has 6 nitrogen and oxygen atoms in total. The molecule has 4 rings (SSSR count). The van der Waals surface area contributed by atoms with Crippen LogP contribution in [0.2, 0.25) is 5.02 Å². The van der Waals surface area contributed by atoms with E-state index in [1.807, 2.05) is 31.2 Å². The van der Waals surface area contributed by atoms with Crippen molar-refractivity contribution in [3.63, 3.8) is 0 Å². The van der Waals surface area contributed by atoms with Crippen LogP contribution in [-0.2, 0) is 22.7 Å².